The van der Waals surface area contributed by atoms with E-state index in [1.54, 1.807) is 12.1 Å². The zero-order valence-corrected chi connectivity index (χ0v) is 14.8. The molecule has 3 aromatic heterocycles. The van der Waals surface area contributed by atoms with Gasteiger partial charge < -0.3 is 14.8 Å². The molecule has 10 nitrogen and oxygen atoms in total. The topological polar surface area (TPSA) is 134 Å². The summed E-state index contributed by atoms with van der Waals surface area (Å²) in [6.07, 6.45) is 4.89. The first-order chi connectivity index (χ1) is 14.1. The minimum Gasteiger partial charge on any atom is -0.493 e. The molecular formula is C18H14FN7O3. The number of aromatic hydroxyl groups is 1. The van der Waals surface area contributed by atoms with Crippen molar-refractivity contribution in [2.24, 2.45) is 4.99 Å². The van der Waals surface area contributed by atoms with Crippen LogP contribution in [0.2, 0.25) is 0 Å². The summed E-state index contributed by atoms with van der Waals surface area (Å²) in [6.45, 7) is 0. The van der Waals surface area contributed by atoms with Crippen LogP contribution in [0.25, 0.3) is 11.7 Å². The van der Waals surface area contributed by atoms with Crippen molar-refractivity contribution < 1.29 is 14.2 Å². The van der Waals surface area contributed by atoms with Crippen molar-refractivity contribution in [1.29, 1.82) is 0 Å². The van der Waals surface area contributed by atoms with Crippen molar-refractivity contribution in [3.05, 3.63) is 63.3 Å². The van der Waals surface area contributed by atoms with E-state index in [-0.39, 0.29) is 35.0 Å². The molecule has 1 aliphatic rings. The van der Waals surface area contributed by atoms with Crippen LogP contribution in [0.3, 0.4) is 0 Å². The van der Waals surface area contributed by atoms with Crippen LogP contribution in [0.4, 0.5) is 4.39 Å². The number of ether oxygens (including phenoxy) is 1. The summed E-state index contributed by atoms with van der Waals surface area (Å²) in [5.74, 6) is -0.882. The number of hydrogen-bond acceptors (Lipinski definition) is 7. The highest BCUT2D eigenvalue weighted by molar-refractivity contribution is 5.56. The molecule has 0 aliphatic heterocycles. The number of imidazole rings is 1. The Morgan fingerprint density at radius 2 is 2.10 bits per heavy atom. The molecule has 0 radical (unpaired) electrons. The predicted octanol–water partition coefficient (Wildman–Crippen LogP) is 0.388. The summed E-state index contributed by atoms with van der Waals surface area (Å²) >= 11 is 0. The molecule has 1 aliphatic carbocycles. The summed E-state index contributed by atoms with van der Waals surface area (Å²) in [6, 6.07) is 5.97. The van der Waals surface area contributed by atoms with E-state index in [0.29, 0.717) is 10.9 Å². The molecule has 0 bridgehead atoms. The first-order valence-electron chi connectivity index (χ1n) is 8.82. The highest BCUT2D eigenvalue weighted by Crippen LogP contribution is 2.23. The van der Waals surface area contributed by atoms with Gasteiger partial charge in [-0.1, -0.05) is 12.1 Å². The van der Waals surface area contributed by atoms with Gasteiger partial charge in [-0.15, -0.1) is 0 Å². The van der Waals surface area contributed by atoms with Crippen LogP contribution in [-0.4, -0.2) is 40.7 Å². The van der Waals surface area contributed by atoms with E-state index < -0.39 is 11.5 Å². The second-order valence-electron chi connectivity index (χ2n) is 6.52. The average Bonchev–Trinajstić information content (AvgIpc) is 3.33. The molecule has 3 heterocycles. The summed E-state index contributed by atoms with van der Waals surface area (Å²) in [4.78, 5) is 29.2. The Balaban J connectivity index is 1.70. The van der Waals surface area contributed by atoms with E-state index in [2.05, 4.69) is 30.0 Å². The Kier molecular flexibility index (Phi) is 3.86. The average molecular weight is 395 g/mol. The van der Waals surface area contributed by atoms with Crippen LogP contribution in [0, 0.1) is 5.82 Å². The van der Waals surface area contributed by atoms with E-state index in [4.69, 9.17) is 4.74 Å². The van der Waals surface area contributed by atoms with Gasteiger partial charge in [-0.2, -0.15) is 19.6 Å². The van der Waals surface area contributed by atoms with E-state index in [1.165, 1.54) is 28.9 Å². The number of halogens is 1. The highest BCUT2D eigenvalue weighted by atomic mass is 19.1. The van der Waals surface area contributed by atoms with Gasteiger partial charge in [0.05, 0.1) is 12.2 Å². The lowest BCUT2D eigenvalue weighted by Gasteiger charge is -2.05. The monoisotopic (exact) mass is 395 g/mol. The van der Waals surface area contributed by atoms with Gasteiger partial charge in [-0.3, -0.25) is 4.98 Å². The molecule has 0 unspecified atom stereocenters. The van der Waals surface area contributed by atoms with Gasteiger partial charge >= 0.3 is 11.7 Å². The summed E-state index contributed by atoms with van der Waals surface area (Å²) in [7, 11) is 0. The maximum atomic E-state index is 14.0. The van der Waals surface area contributed by atoms with E-state index in [9.17, 15) is 14.3 Å². The molecule has 4 aromatic rings. The molecule has 11 heteroatoms. The van der Waals surface area contributed by atoms with Crippen molar-refractivity contribution in [3.8, 4) is 17.6 Å². The van der Waals surface area contributed by atoms with Crippen molar-refractivity contribution in [2.45, 2.75) is 18.9 Å². The summed E-state index contributed by atoms with van der Waals surface area (Å²) in [5, 5.41) is 14.5. The molecular weight excluding hydrogens is 381 g/mol. The zero-order chi connectivity index (χ0) is 20.0. The number of aromatic amines is 2. The first-order valence-corrected chi connectivity index (χ1v) is 8.82. The molecule has 3 N–H and O–H groups in total. The second kappa shape index (κ2) is 6.55. The van der Waals surface area contributed by atoms with Crippen LogP contribution in [-0.2, 0) is 0 Å². The third kappa shape index (κ3) is 3.33. The lowest BCUT2D eigenvalue weighted by atomic mass is 10.3. The number of para-hydroxylation sites is 1. The van der Waals surface area contributed by atoms with Gasteiger partial charge in [0.25, 0.3) is 5.62 Å². The van der Waals surface area contributed by atoms with Crippen molar-refractivity contribution in [3.63, 3.8) is 0 Å². The van der Waals surface area contributed by atoms with Gasteiger partial charge in [-0.05, 0) is 31.1 Å². The maximum Gasteiger partial charge on any atom is 0.327 e. The minimum atomic E-state index is -0.549. The van der Waals surface area contributed by atoms with Crippen LogP contribution >= 0.6 is 0 Å². The molecule has 146 valence electrons. The van der Waals surface area contributed by atoms with Gasteiger partial charge in [0.1, 0.15) is 5.69 Å². The number of H-pyrrole nitrogens is 2. The molecule has 0 atom stereocenters. The Labute approximate surface area is 161 Å². The van der Waals surface area contributed by atoms with Crippen molar-refractivity contribution in [2.75, 3.05) is 0 Å². The number of hydrogen-bond donors (Lipinski definition) is 3. The van der Waals surface area contributed by atoms with Crippen molar-refractivity contribution >= 4 is 11.7 Å². The molecule has 1 fully saturated rings. The van der Waals surface area contributed by atoms with Gasteiger partial charge in [0.2, 0.25) is 5.88 Å². The Bertz CT molecular complexity index is 1400. The predicted molar refractivity (Wildman–Crippen MR) is 97.7 cm³/mol. The Morgan fingerprint density at radius 3 is 2.83 bits per heavy atom. The van der Waals surface area contributed by atoms with E-state index in [0.717, 1.165) is 12.8 Å². The lowest BCUT2D eigenvalue weighted by molar-refractivity contribution is 0.406. The second-order valence-corrected chi connectivity index (χ2v) is 6.52. The zero-order valence-electron chi connectivity index (χ0n) is 14.8. The maximum absolute atomic E-state index is 14.0. The number of fused-ring (bicyclic) bond motifs is 1. The van der Waals surface area contributed by atoms with Crippen LogP contribution in [0.5, 0.6) is 17.6 Å². The molecule has 0 saturated heterocycles. The first kappa shape index (κ1) is 17.1. The fourth-order valence-corrected chi connectivity index (χ4v) is 2.73. The third-order valence-electron chi connectivity index (χ3n) is 4.28. The van der Waals surface area contributed by atoms with Gasteiger partial charge in [-0.25, -0.2) is 14.2 Å². The largest absolute Gasteiger partial charge is 0.493 e. The number of aromatic nitrogens is 6. The molecule has 29 heavy (non-hydrogen) atoms. The van der Waals surface area contributed by atoms with E-state index in [1.807, 2.05) is 0 Å². The number of nitrogens with zero attached hydrogens (tertiary/aromatic N) is 5. The Hall–Kier alpha value is -4.02. The smallest absolute Gasteiger partial charge is 0.327 e. The number of nitrogens with one attached hydrogen (secondary N) is 2. The van der Waals surface area contributed by atoms with Crippen LogP contribution < -0.4 is 21.3 Å². The standard InChI is InChI=1S/C18H14FN7O3/c19-11-3-1-2-4-13(11)29-18-23-14-9(7-12-15(27)24-17(28)22-12)8-20-26(14)16(25-18)21-10-5-6-10/h1-4,7-8,10,27H,5-6H2,(H2,22,24,28). The molecule has 0 amide bonds. The molecule has 0 spiro atoms. The molecule has 5 rings (SSSR count). The highest BCUT2D eigenvalue weighted by Gasteiger charge is 2.21. The normalized spacial score (nSPS) is 15.3. The third-order valence-corrected chi connectivity index (χ3v) is 4.28. The molecule has 1 aromatic carbocycles. The SMILES string of the molecule is O=c1[nH]c(O)c(C=c2cnn3c(=NC4CC4)nc(Oc4ccccc4F)nc23)[nH]1. The number of rotatable bonds is 4. The number of benzene rings is 1. The minimum absolute atomic E-state index is 0.0214. The quantitative estimate of drug-likeness (QED) is 0.458. The van der Waals surface area contributed by atoms with Crippen molar-refractivity contribution in [1.82, 2.24) is 29.5 Å². The summed E-state index contributed by atoms with van der Waals surface area (Å²) < 4.78 is 20.9. The Morgan fingerprint density at radius 1 is 1.28 bits per heavy atom. The van der Waals surface area contributed by atoms with Crippen LogP contribution in [0.15, 0.2) is 40.2 Å². The van der Waals surface area contributed by atoms with Crippen LogP contribution in [0.1, 0.15) is 18.5 Å². The van der Waals surface area contributed by atoms with Gasteiger partial charge in [0, 0.05) is 5.22 Å². The fourth-order valence-electron chi connectivity index (χ4n) is 2.73. The van der Waals surface area contributed by atoms with Gasteiger partial charge in [0.15, 0.2) is 17.2 Å². The summed E-state index contributed by atoms with van der Waals surface area (Å²) in [5.41, 5.74) is 0.219. The fraction of sp³-hybridized carbons (Fsp3) is 0.167. The lowest BCUT2D eigenvalue weighted by Crippen LogP contribution is -2.23. The molecule has 1 saturated carbocycles. The van der Waals surface area contributed by atoms with E-state index >= 15 is 0 Å².